The highest BCUT2D eigenvalue weighted by atomic mass is 15.9. The van der Waals surface area contributed by atoms with E-state index in [4.69, 9.17) is 0 Å². The number of hydrogen-bond donors (Lipinski definition) is 1. The van der Waals surface area contributed by atoms with E-state index in [2.05, 4.69) is 26.4 Å². The Balaban J connectivity index is 2.49. The molecule has 0 saturated carbocycles. The molecule has 1 heterocycles. The van der Waals surface area contributed by atoms with Crippen molar-refractivity contribution < 1.29 is 0 Å². The Morgan fingerprint density at radius 2 is 2.29 bits per heavy atom. The van der Waals surface area contributed by atoms with Crippen LogP contribution >= 0.6 is 0 Å². The van der Waals surface area contributed by atoms with Gasteiger partial charge in [-0.05, 0) is 20.9 Å². The lowest BCUT2D eigenvalue weighted by Crippen LogP contribution is -2.24. The van der Waals surface area contributed by atoms with Gasteiger partial charge in [-0.2, -0.15) is 10.7 Å². The summed E-state index contributed by atoms with van der Waals surface area (Å²) in [5.41, 5.74) is 2.41. The number of rotatable bonds is 0. The summed E-state index contributed by atoms with van der Waals surface area (Å²) in [5, 5.41) is 14.4. The van der Waals surface area contributed by atoms with Gasteiger partial charge in [0.15, 0.2) is 0 Å². The molecule has 0 atom stereocenters. The molecule has 1 rings (SSSR count). The molecule has 1 aliphatic heterocycles. The smallest absolute Gasteiger partial charge is 0.0508 e. The summed E-state index contributed by atoms with van der Waals surface area (Å²) < 4.78 is 0. The number of nitrogens with zero attached hydrogens (tertiary/aromatic N) is 5. The van der Waals surface area contributed by atoms with Gasteiger partial charge < -0.3 is 0 Å². The van der Waals surface area contributed by atoms with Gasteiger partial charge in [0, 0.05) is 0 Å². The molecule has 1 aliphatic rings. The van der Waals surface area contributed by atoms with E-state index in [0.29, 0.717) is 0 Å². The summed E-state index contributed by atoms with van der Waals surface area (Å²) in [4.78, 5) is 0. The van der Waals surface area contributed by atoms with Gasteiger partial charge in [0.2, 0.25) is 0 Å². The quantitative estimate of drug-likeness (QED) is 0.468. The topological polar surface area (TPSA) is 64.7 Å². The van der Waals surface area contributed by atoms with Crippen molar-refractivity contribution in [1.29, 1.82) is 0 Å². The van der Waals surface area contributed by atoms with E-state index in [9.17, 15) is 0 Å². The standard InChI is InChI=1S/CH4N6/c1-7-5-3-2-4-6-7/h1H3,(H,2,5,6). The fourth-order valence-electron chi connectivity index (χ4n) is 0.203. The Bertz CT molecular complexity index is 103. The normalized spacial score (nSPS) is 17.0. The van der Waals surface area contributed by atoms with Crippen LogP contribution in [-0.4, -0.2) is 12.2 Å². The van der Waals surface area contributed by atoms with Gasteiger partial charge >= 0.3 is 0 Å². The molecular formula is CH4N6. The van der Waals surface area contributed by atoms with E-state index in [-0.39, 0.29) is 0 Å². The van der Waals surface area contributed by atoms with Crippen LogP contribution in [0, 0.1) is 0 Å². The third-order valence-corrected chi connectivity index (χ3v) is 0.448. The van der Waals surface area contributed by atoms with Crippen molar-refractivity contribution in [2.45, 2.75) is 0 Å². The minimum Gasteiger partial charge on any atom is -0.181 e. The Morgan fingerprint density at radius 1 is 1.43 bits per heavy atom. The minimum atomic E-state index is 1.34. The van der Waals surface area contributed by atoms with E-state index in [1.807, 2.05) is 0 Å². The first kappa shape index (κ1) is 3.97. The predicted molar refractivity (Wildman–Crippen MR) is 20.6 cm³/mol. The molecule has 0 aliphatic carbocycles. The summed E-state index contributed by atoms with van der Waals surface area (Å²) >= 11 is 0. The molecule has 0 bridgehead atoms. The summed E-state index contributed by atoms with van der Waals surface area (Å²) in [6.07, 6.45) is 0. The highest BCUT2D eigenvalue weighted by Crippen LogP contribution is 1.87. The lowest BCUT2D eigenvalue weighted by molar-refractivity contribution is 0.200. The van der Waals surface area contributed by atoms with E-state index in [1.165, 1.54) is 5.12 Å². The average Bonchev–Trinajstić information content (AvgIpc) is 1.69. The molecular weight excluding hydrogens is 96.1 g/mol. The Morgan fingerprint density at radius 3 is 2.57 bits per heavy atom. The van der Waals surface area contributed by atoms with E-state index >= 15 is 0 Å². The van der Waals surface area contributed by atoms with Crippen molar-refractivity contribution in [3.8, 4) is 0 Å². The fourth-order valence-corrected chi connectivity index (χ4v) is 0.203. The summed E-state index contributed by atoms with van der Waals surface area (Å²) in [6, 6.07) is 0. The molecule has 6 heteroatoms. The zero-order valence-electron chi connectivity index (χ0n) is 3.74. The predicted octanol–water partition coefficient (Wildman–Crippen LogP) is 0.0858. The molecule has 0 aromatic rings. The first-order valence-corrected chi connectivity index (χ1v) is 1.69. The zero-order chi connectivity index (χ0) is 5.11. The van der Waals surface area contributed by atoms with Crippen LogP contribution < -0.4 is 5.53 Å². The molecule has 7 heavy (non-hydrogen) atoms. The van der Waals surface area contributed by atoms with E-state index in [0.717, 1.165) is 0 Å². The van der Waals surface area contributed by atoms with Crippen molar-refractivity contribution >= 4 is 0 Å². The second kappa shape index (κ2) is 1.50. The highest BCUT2D eigenvalue weighted by Gasteiger charge is 1.88. The molecule has 0 spiro atoms. The largest absolute Gasteiger partial charge is 0.181 e. The first-order chi connectivity index (χ1) is 3.39. The minimum absolute atomic E-state index is 1.34. The third kappa shape index (κ3) is 0.814. The number of hydrogen-bond acceptors (Lipinski definition) is 6. The van der Waals surface area contributed by atoms with E-state index in [1.54, 1.807) is 7.05 Å². The van der Waals surface area contributed by atoms with Crippen LogP contribution in [-0.2, 0) is 0 Å². The van der Waals surface area contributed by atoms with Crippen LogP contribution in [0.15, 0.2) is 20.9 Å². The third-order valence-electron chi connectivity index (χ3n) is 0.448. The first-order valence-electron chi connectivity index (χ1n) is 1.69. The molecule has 0 saturated heterocycles. The van der Waals surface area contributed by atoms with Gasteiger partial charge in [-0.3, -0.25) is 0 Å². The molecule has 0 unspecified atom stereocenters. The van der Waals surface area contributed by atoms with Crippen LogP contribution in [0.1, 0.15) is 0 Å². The Kier molecular flexibility index (Phi) is 0.851. The molecule has 0 radical (unpaired) electrons. The van der Waals surface area contributed by atoms with Gasteiger partial charge in [-0.15, -0.1) is 0 Å². The molecule has 0 amide bonds. The Hall–Kier alpha value is -1.20. The second-order valence-electron chi connectivity index (χ2n) is 0.992. The molecule has 0 fully saturated rings. The molecule has 1 N–H and O–H groups in total. The van der Waals surface area contributed by atoms with Gasteiger partial charge in [0.25, 0.3) is 0 Å². The fraction of sp³-hybridized carbons (Fsp3) is 1.00. The number of hydrazine groups is 1. The van der Waals surface area contributed by atoms with Gasteiger partial charge in [-0.1, -0.05) is 0 Å². The summed E-state index contributed by atoms with van der Waals surface area (Å²) in [5.74, 6) is 0. The van der Waals surface area contributed by atoms with Crippen molar-refractivity contribution in [2.75, 3.05) is 7.05 Å². The van der Waals surface area contributed by atoms with Crippen molar-refractivity contribution in [3.05, 3.63) is 0 Å². The lowest BCUT2D eigenvalue weighted by atomic mass is 11.4. The molecule has 0 aromatic carbocycles. The van der Waals surface area contributed by atoms with Crippen LogP contribution in [0.2, 0.25) is 0 Å². The van der Waals surface area contributed by atoms with E-state index < -0.39 is 0 Å². The maximum absolute atomic E-state index is 3.42. The molecule has 38 valence electrons. The SMILES string of the molecule is CN1N=NN=NN1. The summed E-state index contributed by atoms with van der Waals surface area (Å²) in [7, 11) is 1.67. The molecule has 0 aromatic heterocycles. The highest BCUT2D eigenvalue weighted by molar-refractivity contribution is 4.22. The zero-order valence-corrected chi connectivity index (χ0v) is 3.74. The van der Waals surface area contributed by atoms with Crippen LogP contribution in [0.3, 0.4) is 0 Å². The maximum atomic E-state index is 3.42. The van der Waals surface area contributed by atoms with Gasteiger partial charge in [0.05, 0.1) is 7.05 Å². The van der Waals surface area contributed by atoms with Crippen molar-refractivity contribution in [2.24, 2.45) is 20.9 Å². The Labute approximate surface area is 39.8 Å². The van der Waals surface area contributed by atoms with Crippen LogP contribution in [0.25, 0.3) is 0 Å². The lowest BCUT2D eigenvalue weighted by Gasteiger charge is -2.07. The second-order valence-corrected chi connectivity index (χ2v) is 0.992. The van der Waals surface area contributed by atoms with Crippen molar-refractivity contribution in [1.82, 2.24) is 10.7 Å². The van der Waals surface area contributed by atoms with Crippen LogP contribution in [0.4, 0.5) is 0 Å². The van der Waals surface area contributed by atoms with Crippen molar-refractivity contribution in [3.63, 3.8) is 0 Å². The number of nitrogens with one attached hydrogen (secondary N) is 1. The van der Waals surface area contributed by atoms with Crippen LogP contribution in [0.5, 0.6) is 0 Å². The average molecular weight is 100 g/mol. The monoisotopic (exact) mass is 100 g/mol. The van der Waals surface area contributed by atoms with Gasteiger partial charge in [0.1, 0.15) is 0 Å². The maximum Gasteiger partial charge on any atom is 0.0508 e. The molecule has 6 nitrogen and oxygen atoms in total. The summed E-state index contributed by atoms with van der Waals surface area (Å²) in [6.45, 7) is 0. The van der Waals surface area contributed by atoms with Gasteiger partial charge in [-0.25, -0.2) is 0 Å².